The summed E-state index contributed by atoms with van der Waals surface area (Å²) in [7, 11) is -3.07. The summed E-state index contributed by atoms with van der Waals surface area (Å²) in [5, 5.41) is 0. The van der Waals surface area contributed by atoms with Crippen LogP contribution in [0.15, 0.2) is 18.2 Å². The molecular weight excluding hydrogens is 310 g/mol. The summed E-state index contributed by atoms with van der Waals surface area (Å²) in [6.07, 6.45) is 2.56. The van der Waals surface area contributed by atoms with Gasteiger partial charge < -0.3 is 10.6 Å². The van der Waals surface area contributed by atoms with E-state index in [4.69, 9.17) is 5.73 Å². The predicted molar refractivity (Wildman–Crippen MR) is 82.5 cm³/mol. The fraction of sp³-hybridized carbons (Fsp3) is 0.600. The Morgan fingerprint density at radius 2 is 2.00 bits per heavy atom. The van der Waals surface area contributed by atoms with Crippen molar-refractivity contribution in [1.82, 2.24) is 4.90 Å². The molecule has 2 rings (SSSR count). The lowest BCUT2D eigenvalue weighted by molar-refractivity contribution is 0.275. The van der Waals surface area contributed by atoms with Gasteiger partial charge >= 0.3 is 0 Å². The van der Waals surface area contributed by atoms with Crippen molar-refractivity contribution in [3.63, 3.8) is 0 Å². The first-order chi connectivity index (χ1) is 10.3. The maximum atomic E-state index is 14.0. The van der Waals surface area contributed by atoms with Gasteiger partial charge in [-0.1, -0.05) is 12.1 Å². The van der Waals surface area contributed by atoms with Crippen molar-refractivity contribution in [3.8, 4) is 0 Å². The van der Waals surface area contributed by atoms with Crippen molar-refractivity contribution in [2.45, 2.75) is 24.8 Å². The van der Waals surface area contributed by atoms with Crippen LogP contribution >= 0.6 is 0 Å². The molecule has 1 fully saturated rings. The van der Waals surface area contributed by atoms with Gasteiger partial charge in [0.15, 0.2) is 11.6 Å². The van der Waals surface area contributed by atoms with Gasteiger partial charge in [0.05, 0.1) is 5.75 Å². The lowest BCUT2D eigenvalue weighted by Crippen LogP contribution is -2.39. The Hall–Kier alpha value is -1.05. The number of nitrogens with zero attached hydrogens (tertiary/aromatic N) is 1. The van der Waals surface area contributed by atoms with Crippen LogP contribution in [0, 0.1) is 11.6 Å². The van der Waals surface area contributed by atoms with E-state index in [0.717, 1.165) is 6.07 Å². The SMILES string of the molecule is CS(=O)(=O)CCN1C[C@H](N)CC[C@@H](c2cccc(F)c2F)C1. The molecule has 0 aromatic heterocycles. The zero-order valence-corrected chi connectivity index (χ0v) is 13.5. The average Bonchev–Trinajstić information content (AvgIpc) is 2.61. The number of rotatable bonds is 4. The van der Waals surface area contributed by atoms with E-state index in [2.05, 4.69) is 0 Å². The number of hydrogen-bond acceptors (Lipinski definition) is 4. The van der Waals surface area contributed by atoms with Crippen LogP contribution in [0.4, 0.5) is 8.78 Å². The van der Waals surface area contributed by atoms with E-state index < -0.39 is 21.5 Å². The third-order valence-corrected chi connectivity index (χ3v) is 4.98. The molecule has 0 spiro atoms. The van der Waals surface area contributed by atoms with Gasteiger partial charge in [0, 0.05) is 31.9 Å². The number of sulfone groups is 1. The van der Waals surface area contributed by atoms with Gasteiger partial charge in [0.2, 0.25) is 0 Å². The van der Waals surface area contributed by atoms with Crippen LogP contribution in [0.3, 0.4) is 0 Å². The van der Waals surface area contributed by atoms with Gasteiger partial charge in [-0.15, -0.1) is 0 Å². The number of benzene rings is 1. The summed E-state index contributed by atoms with van der Waals surface area (Å²) >= 11 is 0. The number of nitrogens with two attached hydrogens (primary N) is 1. The first kappa shape index (κ1) is 17.3. The Balaban J connectivity index is 2.16. The third kappa shape index (κ3) is 4.72. The molecule has 2 atom stereocenters. The molecule has 7 heteroatoms. The van der Waals surface area contributed by atoms with Gasteiger partial charge in [0.1, 0.15) is 9.84 Å². The van der Waals surface area contributed by atoms with E-state index in [0.29, 0.717) is 38.0 Å². The van der Waals surface area contributed by atoms with Crippen LogP contribution in [0.1, 0.15) is 24.3 Å². The second-order valence-corrected chi connectivity index (χ2v) is 8.33. The van der Waals surface area contributed by atoms with Crippen molar-refractivity contribution in [2.24, 2.45) is 5.73 Å². The Kier molecular flexibility index (Phi) is 5.52. The molecule has 0 unspecified atom stereocenters. The van der Waals surface area contributed by atoms with Crippen LogP contribution in [0.25, 0.3) is 0 Å². The molecule has 22 heavy (non-hydrogen) atoms. The zero-order valence-electron chi connectivity index (χ0n) is 12.6. The monoisotopic (exact) mass is 332 g/mol. The highest BCUT2D eigenvalue weighted by Crippen LogP contribution is 2.29. The molecule has 2 N–H and O–H groups in total. The molecule has 0 radical (unpaired) electrons. The molecule has 1 aromatic rings. The molecule has 124 valence electrons. The Morgan fingerprint density at radius 1 is 1.27 bits per heavy atom. The minimum absolute atomic E-state index is 0.0398. The van der Waals surface area contributed by atoms with Crippen molar-refractivity contribution in [2.75, 3.05) is 31.6 Å². The van der Waals surface area contributed by atoms with Gasteiger partial charge in [-0.2, -0.15) is 0 Å². The molecule has 0 aliphatic carbocycles. The fourth-order valence-electron chi connectivity index (χ4n) is 2.88. The molecule has 1 aromatic carbocycles. The van der Waals surface area contributed by atoms with Crippen molar-refractivity contribution < 1.29 is 17.2 Å². The van der Waals surface area contributed by atoms with E-state index >= 15 is 0 Å². The van der Waals surface area contributed by atoms with Crippen LogP contribution in [0.5, 0.6) is 0 Å². The fourth-order valence-corrected chi connectivity index (χ4v) is 3.47. The van der Waals surface area contributed by atoms with Gasteiger partial charge in [-0.3, -0.25) is 0 Å². The van der Waals surface area contributed by atoms with E-state index in [9.17, 15) is 17.2 Å². The van der Waals surface area contributed by atoms with E-state index in [1.807, 2.05) is 4.90 Å². The highest BCUT2D eigenvalue weighted by Gasteiger charge is 2.26. The lowest BCUT2D eigenvalue weighted by Gasteiger charge is -2.25. The minimum Gasteiger partial charge on any atom is -0.327 e. The smallest absolute Gasteiger partial charge is 0.162 e. The van der Waals surface area contributed by atoms with Crippen LogP contribution in [0.2, 0.25) is 0 Å². The first-order valence-corrected chi connectivity index (χ1v) is 9.42. The quantitative estimate of drug-likeness (QED) is 0.908. The molecule has 4 nitrogen and oxygen atoms in total. The molecule has 0 bridgehead atoms. The Bertz CT molecular complexity index is 622. The van der Waals surface area contributed by atoms with Crippen LogP contribution in [-0.4, -0.2) is 51.0 Å². The lowest BCUT2D eigenvalue weighted by atomic mass is 9.93. The Morgan fingerprint density at radius 3 is 2.68 bits per heavy atom. The molecule has 1 aliphatic heterocycles. The Labute approximate surface area is 130 Å². The molecule has 1 heterocycles. The number of likely N-dealkylation sites (tertiary alicyclic amines) is 1. The third-order valence-electron chi connectivity index (χ3n) is 4.06. The summed E-state index contributed by atoms with van der Waals surface area (Å²) < 4.78 is 50.1. The predicted octanol–water partition coefficient (Wildman–Crippen LogP) is 1.52. The number of halogens is 2. The molecule has 0 amide bonds. The van der Waals surface area contributed by atoms with Gasteiger partial charge in [0.25, 0.3) is 0 Å². The van der Waals surface area contributed by atoms with Crippen LogP contribution < -0.4 is 5.73 Å². The standard InChI is InChI=1S/C15H22F2N2O2S/c1-22(20,21)8-7-19-9-11(5-6-12(18)10-19)13-3-2-4-14(16)15(13)17/h2-4,11-12H,5-10,18H2,1H3/t11-,12-/m1/s1. The average molecular weight is 332 g/mol. The maximum absolute atomic E-state index is 14.0. The van der Waals surface area contributed by atoms with Gasteiger partial charge in [-0.05, 0) is 30.4 Å². The largest absolute Gasteiger partial charge is 0.327 e. The molecule has 0 saturated carbocycles. The van der Waals surface area contributed by atoms with Crippen LogP contribution in [-0.2, 0) is 9.84 Å². The number of hydrogen-bond donors (Lipinski definition) is 1. The zero-order chi connectivity index (χ0) is 16.3. The van der Waals surface area contributed by atoms with Crippen molar-refractivity contribution >= 4 is 9.84 Å². The first-order valence-electron chi connectivity index (χ1n) is 7.36. The topological polar surface area (TPSA) is 63.4 Å². The highest BCUT2D eigenvalue weighted by atomic mass is 32.2. The molecular formula is C15H22F2N2O2S. The summed E-state index contributed by atoms with van der Waals surface area (Å²) in [4.78, 5) is 1.94. The van der Waals surface area contributed by atoms with E-state index in [1.165, 1.54) is 12.3 Å². The van der Waals surface area contributed by atoms with E-state index in [1.54, 1.807) is 6.07 Å². The summed E-state index contributed by atoms with van der Waals surface area (Å²) in [5.74, 6) is -1.80. The normalized spacial score (nSPS) is 24.2. The summed E-state index contributed by atoms with van der Waals surface area (Å²) in [6, 6.07) is 4.11. The second-order valence-electron chi connectivity index (χ2n) is 6.07. The molecule has 1 saturated heterocycles. The minimum atomic E-state index is -3.07. The highest BCUT2D eigenvalue weighted by molar-refractivity contribution is 7.90. The summed E-state index contributed by atoms with van der Waals surface area (Å²) in [5.41, 5.74) is 6.36. The van der Waals surface area contributed by atoms with Gasteiger partial charge in [-0.25, -0.2) is 17.2 Å². The molecule has 1 aliphatic rings. The maximum Gasteiger partial charge on any atom is 0.162 e. The van der Waals surface area contributed by atoms with Crippen molar-refractivity contribution in [1.29, 1.82) is 0 Å². The van der Waals surface area contributed by atoms with E-state index in [-0.39, 0.29) is 17.7 Å². The second kappa shape index (κ2) is 7.02. The van der Waals surface area contributed by atoms with Crippen molar-refractivity contribution in [3.05, 3.63) is 35.4 Å². The summed E-state index contributed by atoms with van der Waals surface area (Å²) in [6.45, 7) is 1.42.